The molecule has 0 spiro atoms. The topological polar surface area (TPSA) is 62.5 Å². The Morgan fingerprint density at radius 3 is 3.00 bits per heavy atom. The van der Waals surface area contributed by atoms with Gasteiger partial charge in [-0.25, -0.2) is 0 Å². The molecule has 0 amide bonds. The van der Waals surface area contributed by atoms with Crippen LogP contribution in [-0.4, -0.2) is 17.6 Å². The van der Waals surface area contributed by atoms with Crippen molar-refractivity contribution in [3.63, 3.8) is 0 Å². The molecule has 0 radical (unpaired) electrons. The molecule has 0 fully saturated rings. The van der Waals surface area contributed by atoms with Crippen LogP contribution in [0.1, 0.15) is 18.9 Å². The minimum atomic E-state index is -0.745. The quantitative estimate of drug-likeness (QED) is 0.770. The fourth-order valence-corrected chi connectivity index (χ4v) is 1.83. The zero-order chi connectivity index (χ0) is 13.0. The van der Waals surface area contributed by atoms with Crippen molar-refractivity contribution in [3.05, 3.63) is 36.1 Å². The van der Waals surface area contributed by atoms with Gasteiger partial charge in [0.1, 0.15) is 5.58 Å². The minimum absolute atomic E-state index is 0.307. The van der Waals surface area contributed by atoms with Crippen LogP contribution in [0.2, 0.25) is 0 Å². The number of para-hydroxylation sites is 1. The number of carboxylic acids is 1. The maximum absolute atomic E-state index is 10.7. The third-order valence-corrected chi connectivity index (χ3v) is 3.05. The van der Waals surface area contributed by atoms with Crippen molar-refractivity contribution in [1.29, 1.82) is 0 Å². The lowest BCUT2D eigenvalue weighted by molar-refractivity contribution is -0.141. The summed E-state index contributed by atoms with van der Waals surface area (Å²) in [5, 5.41) is 13.1. The van der Waals surface area contributed by atoms with Crippen molar-refractivity contribution in [1.82, 2.24) is 5.32 Å². The van der Waals surface area contributed by atoms with Gasteiger partial charge in [-0.1, -0.05) is 25.1 Å². The SMILES string of the molecule is CC(CCNCc1coc2ccccc12)C(=O)O. The molecule has 0 aliphatic rings. The zero-order valence-electron chi connectivity index (χ0n) is 10.3. The largest absolute Gasteiger partial charge is 0.481 e. The van der Waals surface area contributed by atoms with Crippen LogP contribution in [0.25, 0.3) is 11.0 Å². The Bertz CT molecular complexity index is 533. The molecule has 1 atom stereocenters. The number of hydrogen-bond donors (Lipinski definition) is 2. The van der Waals surface area contributed by atoms with Gasteiger partial charge in [-0.05, 0) is 19.0 Å². The fraction of sp³-hybridized carbons (Fsp3) is 0.357. The molecule has 4 nitrogen and oxygen atoms in total. The van der Waals surface area contributed by atoms with Gasteiger partial charge in [0.25, 0.3) is 0 Å². The Morgan fingerprint density at radius 1 is 1.44 bits per heavy atom. The predicted octanol–water partition coefficient (Wildman–Crippen LogP) is 2.63. The van der Waals surface area contributed by atoms with Gasteiger partial charge in [-0.2, -0.15) is 0 Å². The summed E-state index contributed by atoms with van der Waals surface area (Å²) in [5.41, 5.74) is 1.99. The summed E-state index contributed by atoms with van der Waals surface area (Å²) in [6.07, 6.45) is 2.38. The number of carbonyl (C=O) groups is 1. The number of aliphatic carboxylic acids is 1. The summed E-state index contributed by atoms with van der Waals surface area (Å²) in [7, 11) is 0. The molecular formula is C14H17NO3. The number of nitrogens with one attached hydrogen (secondary N) is 1. The summed E-state index contributed by atoms with van der Waals surface area (Å²) in [6.45, 7) is 3.10. The normalized spacial score (nSPS) is 12.7. The Labute approximate surface area is 106 Å². The van der Waals surface area contributed by atoms with Crippen LogP contribution in [0.4, 0.5) is 0 Å². The van der Waals surface area contributed by atoms with Crippen LogP contribution >= 0.6 is 0 Å². The number of benzene rings is 1. The van der Waals surface area contributed by atoms with Gasteiger partial charge in [0.05, 0.1) is 12.2 Å². The van der Waals surface area contributed by atoms with Gasteiger partial charge in [0.15, 0.2) is 0 Å². The first-order valence-electron chi connectivity index (χ1n) is 6.07. The average molecular weight is 247 g/mol. The van der Waals surface area contributed by atoms with Crippen molar-refractivity contribution in [2.24, 2.45) is 5.92 Å². The monoisotopic (exact) mass is 247 g/mol. The molecule has 2 rings (SSSR count). The van der Waals surface area contributed by atoms with Crippen LogP contribution < -0.4 is 5.32 Å². The minimum Gasteiger partial charge on any atom is -0.481 e. The van der Waals surface area contributed by atoms with E-state index in [4.69, 9.17) is 9.52 Å². The lowest BCUT2D eigenvalue weighted by Gasteiger charge is -2.06. The van der Waals surface area contributed by atoms with Gasteiger partial charge in [0.2, 0.25) is 0 Å². The molecule has 0 saturated carbocycles. The van der Waals surface area contributed by atoms with Gasteiger partial charge in [0, 0.05) is 17.5 Å². The Morgan fingerprint density at radius 2 is 2.22 bits per heavy atom. The molecule has 0 aliphatic carbocycles. The highest BCUT2D eigenvalue weighted by atomic mass is 16.4. The summed E-state index contributed by atoms with van der Waals surface area (Å²) >= 11 is 0. The van der Waals surface area contributed by atoms with E-state index in [9.17, 15) is 4.79 Å². The Balaban J connectivity index is 1.85. The smallest absolute Gasteiger partial charge is 0.306 e. The van der Waals surface area contributed by atoms with Gasteiger partial charge < -0.3 is 14.8 Å². The zero-order valence-corrected chi connectivity index (χ0v) is 10.3. The molecule has 2 aromatic rings. The van der Waals surface area contributed by atoms with Crippen molar-refractivity contribution in [3.8, 4) is 0 Å². The molecule has 0 bridgehead atoms. The highest BCUT2D eigenvalue weighted by Gasteiger charge is 2.10. The number of hydrogen-bond acceptors (Lipinski definition) is 3. The van der Waals surface area contributed by atoms with Gasteiger partial charge in [-0.3, -0.25) is 4.79 Å². The molecule has 1 aromatic heterocycles. The molecular weight excluding hydrogens is 230 g/mol. The van der Waals surface area contributed by atoms with Crippen molar-refractivity contribution >= 4 is 16.9 Å². The van der Waals surface area contributed by atoms with Crippen LogP contribution in [-0.2, 0) is 11.3 Å². The number of furan rings is 1. The van der Waals surface area contributed by atoms with E-state index in [1.165, 1.54) is 0 Å². The molecule has 96 valence electrons. The predicted molar refractivity (Wildman–Crippen MR) is 69.3 cm³/mol. The number of fused-ring (bicyclic) bond motifs is 1. The van der Waals surface area contributed by atoms with E-state index >= 15 is 0 Å². The van der Waals surface area contributed by atoms with Crippen molar-refractivity contribution in [2.75, 3.05) is 6.54 Å². The van der Waals surface area contributed by atoms with Crippen molar-refractivity contribution in [2.45, 2.75) is 19.9 Å². The van der Waals surface area contributed by atoms with Crippen LogP contribution in [0, 0.1) is 5.92 Å². The van der Waals surface area contributed by atoms with E-state index in [0.29, 0.717) is 19.5 Å². The maximum atomic E-state index is 10.7. The van der Waals surface area contributed by atoms with E-state index < -0.39 is 5.97 Å². The second kappa shape index (κ2) is 5.69. The third-order valence-electron chi connectivity index (χ3n) is 3.05. The van der Waals surface area contributed by atoms with Crippen molar-refractivity contribution < 1.29 is 14.3 Å². The second-order valence-electron chi connectivity index (χ2n) is 4.46. The standard InChI is InChI=1S/C14H17NO3/c1-10(14(16)17)6-7-15-8-11-9-18-13-5-3-2-4-12(11)13/h2-5,9-10,15H,6-8H2,1H3,(H,16,17). The number of carboxylic acid groups (broad SMARTS) is 1. The molecule has 0 saturated heterocycles. The Hall–Kier alpha value is -1.81. The lowest BCUT2D eigenvalue weighted by atomic mass is 10.1. The molecule has 2 N–H and O–H groups in total. The number of rotatable bonds is 6. The first-order valence-corrected chi connectivity index (χ1v) is 6.07. The van der Waals surface area contributed by atoms with E-state index in [1.54, 1.807) is 13.2 Å². The summed E-state index contributed by atoms with van der Waals surface area (Å²) in [4.78, 5) is 10.7. The Kier molecular flexibility index (Phi) is 3.99. The van der Waals surface area contributed by atoms with Crippen LogP contribution in [0.5, 0.6) is 0 Å². The van der Waals surface area contributed by atoms with Gasteiger partial charge >= 0.3 is 5.97 Å². The summed E-state index contributed by atoms with van der Waals surface area (Å²) in [5.74, 6) is -1.05. The molecule has 1 aromatic carbocycles. The lowest BCUT2D eigenvalue weighted by Crippen LogP contribution is -2.20. The highest BCUT2D eigenvalue weighted by molar-refractivity contribution is 5.80. The van der Waals surface area contributed by atoms with Crippen LogP contribution in [0.3, 0.4) is 0 Å². The van der Waals surface area contributed by atoms with E-state index in [1.807, 2.05) is 24.3 Å². The average Bonchev–Trinajstić information content (AvgIpc) is 2.77. The summed E-state index contributed by atoms with van der Waals surface area (Å²) < 4.78 is 5.43. The molecule has 1 unspecified atom stereocenters. The first-order chi connectivity index (χ1) is 8.68. The van der Waals surface area contributed by atoms with E-state index in [-0.39, 0.29) is 5.92 Å². The summed E-state index contributed by atoms with van der Waals surface area (Å²) in [6, 6.07) is 7.88. The highest BCUT2D eigenvalue weighted by Crippen LogP contribution is 2.20. The molecule has 4 heteroatoms. The van der Waals surface area contributed by atoms with E-state index in [2.05, 4.69) is 5.32 Å². The third kappa shape index (κ3) is 2.90. The van der Waals surface area contributed by atoms with Crippen LogP contribution in [0.15, 0.2) is 34.9 Å². The van der Waals surface area contributed by atoms with Gasteiger partial charge in [-0.15, -0.1) is 0 Å². The molecule has 1 heterocycles. The first kappa shape index (κ1) is 12.6. The second-order valence-corrected chi connectivity index (χ2v) is 4.46. The maximum Gasteiger partial charge on any atom is 0.306 e. The molecule has 0 aliphatic heterocycles. The fourth-order valence-electron chi connectivity index (χ4n) is 1.83. The molecule has 18 heavy (non-hydrogen) atoms. The van der Waals surface area contributed by atoms with E-state index in [0.717, 1.165) is 16.5 Å².